The number of thioether (sulfide) groups is 1. The maximum atomic E-state index is 12.3. The highest BCUT2D eigenvalue weighted by Crippen LogP contribution is 2.26. The smallest absolute Gasteiger partial charge is 0.234 e. The Morgan fingerprint density at radius 1 is 1.10 bits per heavy atom. The van der Waals surface area contributed by atoms with Gasteiger partial charge in [0.2, 0.25) is 5.91 Å². The van der Waals surface area contributed by atoms with E-state index in [0.717, 1.165) is 27.5 Å². The molecule has 0 atom stereocenters. The van der Waals surface area contributed by atoms with E-state index in [-0.39, 0.29) is 11.7 Å². The van der Waals surface area contributed by atoms with Crippen LogP contribution >= 0.6 is 11.8 Å². The Hall–Kier alpha value is -3.39. The second-order valence-corrected chi connectivity index (χ2v) is 7.07. The van der Waals surface area contributed by atoms with Crippen molar-refractivity contribution >= 4 is 34.4 Å². The third kappa shape index (κ3) is 4.38. The molecular weight excluding hydrogens is 386 g/mol. The number of carbonyl (C=O) groups excluding carboxylic acids is 1. The molecule has 0 aliphatic carbocycles. The van der Waals surface area contributed by atoms with Crippen LogP contribution in [0.5, 0.6) is 5.75 Å². The number of carbonyl (C=O) groups is 1. The molecule has 0 saturated heterocycles. The molecule has 0 aliphatic heterocycles. The molecule has 0 fully saturated rings. The van der Waals surface area contributed by atoms with E-state index >= 15 is 0 Å². The van der Waals surface area contributed by atoms with E-state index in [1.165, 1.54) is 18.1 Å². The topological polar surface area (TPSA) is 81.9 Å². The molecule has 0 radical (unpaired) electrons. The number of fused-ring (bicyclic) bond motifs is 1. The van der Waals surface area contributed by atoms with Crippen LogP contribution in [0.15, 0.2) is 72.1 Å². The minimum Gasteiger partial charge on any atom is -0.494 e. The fraction of sp³-hybridized carbons (Fsp3) is 0.143. The number of ether oxygens (including phenoxy) is 1. The zero-order valence-corrected chi connectivity index (χ0v) is 16.6. The van der Waals surface area contributed by atoms with Gasteiger partial charge in [0, 0.05) is 5.69 Å². The van der Waals surface area contributed by atoms with Crippen LogP contribution in [-0.2, 0) is 4.79 Å². The van der Waals surface area contributed by atoms with Crippen molar-refractivity contribution in [3.63, 3.8) is 0 Å². The molecule has 29 heavy (non-hydrogen) atoms. The van der Waals surface area contributed by atoms with E-state index in [1.54, 1.807) is 10.9 Å². The summed E-state index contributed by atoms with van der Waals surface area (Å²) in [6.45, 7) is 2.54. The van der Waals surface area contributed by atoms with Gasteiger partial charge >= 0.3 is 0 Å². The van der Waals surface area contributed by atoms with Crippen molar-refractivity contribution in [3.8, 4) is 11.4 Å². The summed E-state index contributed by atoms with van der Waals surface area (Å²) in [4.78, 5) is 21.0. The Balaban J connectivity index is 1.44. The Bertz CT molecular complexity index is 1110. The van der Waals surface area contributed by atoms with Gasteiger partial charge in [-0.05, 0) is 43.3 Å². The summed E-state index contributed by atoms with van der Waals surface area (Å²) in [6, 6.07) is 17.1. The Morgan fingerprint density at radius 2 is 1.90 bits per heavy atom. The van der Waals surface area contributed by atoms with Gasteiger partial charge in [0.15, 0.2) is 5.65 Å². The van der Waals surface area contributed by atoms with Gasteiger partial charge in [0.1, 0.15) is 17.1 Å². The molecule has 1 N–H and O–H groups in total. The lowest BCUT2D eigenvalue weighted by Gasteiger charge is -2.07. The lowest BCUT2D eigenvalue weighted by Crippen LogP contribution is -2.14. The van der Waals surface area contributed by atoms with Gasteiger partial charge in [0.25, 0.3) is 0 Å². The van der Waals surface area contributed by atoms with Gasteiger partial charge in [-0.3, -0.25) is 4.79 Å². The average Bonchev–Trinajstić information content (AvgIpc) is 3.19. The van der Waals surface area contributed by atoms with E-state index in [4.69, 9.17) is 4.74 Å². The molecule has 146 valence electrons. The van der Waals surface area contributed by atoms with Gasteiger partial charge in [-0.25, -0.2) is 14.6 Å². The van der Waals surface area contributed by atoms with Gasteiger partial charge in [0.05, 0.1) is 29.6 Å². The molecule has 2 aromatic carbocycles. The quantitative estimate of drug-likeness (QED) is 0.370. The second-order valence-electron chi connectivity index (χ2n) is 6.10. The van der Waals surface area contributed by atoms with Crippen molar-refractivity contribution in [3.05, 3.63) is 67.1 Å². The second kappa shape index (κ2) is 8.74. The number of hydrogen-bond donors (Lipinski definition) is 1. The number of amides is 1. The maximum Gasteiger partial charge on any atom is 0.234 e. The predicted molar refractivity (Wildman–Crippen MR) is 114 cm³/mol. The van der Waals surface area contributed by atoms with E-state index in [2.05, 4.69) is 20.4 Å². The number of benzene rings is 2. The van der Waals surface area contributed by atoms with Crippen molar-refractivity contribution in [1.29, 1.82) is 0 Å². The lowest BCUT2D eigenvalue weighted by atomic mass is 10.3. The SMILES string of the molecule is CCOc1ccc(NC(=O)CSc2ncnc3c2cnn3-c2ccccc2)cc1. The normalized spacial score (nSPS) is 10.8. The number of nitrogens with zero attached hydrogens (tertiary/aromatic N) is 4. The molecule has 7 nitrogen and oxygen atoms in total. The monoisotopic (exact) mass is 405 g/mol. The van der Waals surface area contributed by atoms with Crippen LogP contribution in [0.4, 0.5) is 5.69 Å². The Labute approximate surface area is 172 Å². The highest BCUT2D eigenvalue weighted by Gasteiger charge is 2.13. The van der Waals surface area contributed by atoms with E-state index in [1.807, 2.05) is 61.5 Å². The number of para-hydroxylation sites is 1. The summed E-state index contributed by atoms with van der Waals surface area (Å²) in [6.07, 6.45) is 3.23. The lowest BCUT2D eigenvalue weighted by molar-refractivity contribution is -0.113. The summed E-state index contributed by atoms with van der Waals surface area (Å²) in [5.74, 6) is 0.899. The summed E-state index contributed by atoms with van der Waals surface area (Å²) in [5.41, 5.74) is 2.36. The molecule has 4 aromatic rings. The molecule has 0 saturated carbocycles. The van der Waals surface area contributed by atoms with Crippen molar-refractivity contribution in [1.82, 2.24) is 19.7 Å². The molecular formula is C21H19N5O2S. The first-order valence-corrected chi connectivity index (χ1v) is 10.1. The van der Waals surface area contributed by atoms with Crippen LogP contribution in [0, 0.1) is 0 Å². The highest BCUT2D eigenvalue weighted by atomic mass is 32.2. The van der Waals surface area contributed by atoms with Crippen LogP contribution < -0.4 is 10.1 Å². The first-order chi connectivity index (χ1) is 14.2. The minimum atomic E-state index is -0.110. The molecule has 2 heterocycles. The largest absolute Gasteiger partial charge is 0.494 e. The van der Waals surface area contributed by atoms with Crippen molar-refractivity contribution in [2.75, 3.05) is 17.7 Å². The fourth-order valence-corrected chi connectivity index (χ4v) is 3.59. The van der Waals surface area contributed by atoms with E-state index in [0.29, 0.717) is 12.3 Å². The maximum absolute atomic E-state index is 12.3. The third-order valence-corrected chi connectivity index (χ3v) is 5.12. The van der Waals surface area contributed by atoms with Crippen LogP contribution in [0.3, 0.4) is 0 Å². The molecule has 0 spiro atoms. The third-order valence-electron chi connectivity index (χ3n) is 4.12. The van der Waals surface area contributed by atoms with Gasteiger partial charge < -0.3 is 10.1 Å². The molecule has 1 amide bonds. The van der Waals surface area contributed by atoms with Crippen molar-refractivity contribution < 1.29 is 9.53 Å². The van der Waals surface area contributed by atoms with E-state index < -0.39 is 0 Å². The van der Waals surface area contributed by atoms with Gasteiger partial charge in [-0.1, -0.05) is 30.0 Å². The average molecular weight is 405 g/mol. The standard InChI is InChI=1S/C21H19N5O2S/c1-2-28-17-10-8-15(9-11-17)25-19(27)13-29-21-18-12-24-26(20(18)22-14-23-21)16-6-4-3-5-7-16/h3-12,14H,2,13H2,1H3,(H,25,27). The van der Waals surface area contributed by atoms with Crippen molar-refractivity contribution in [2.45, 2.75) is 11.9 Å². The van der Waals surface area contributed by atoms with Crippen LogP contribution in [0.25, 0.3) is 16.7 Å². The number of anilines is 1. The number of aromatic nitrogens is 4. The summed E-state index contributed by atoms with van der Waals surface area (Å²) < 4.78 is 7.17. The Morgan fingerprint density at radius 3 is 2.66 bits per heavy atom. The number of nitrogens with one attached hydrogen (secondary N) is 1. The molecule has 0 bridgehead atoms. The first kappa shape index (κ1) is 18.9. The fourth-order valence-electron chi connectivity index (χ4n) is 2.83. The molecule has 4 rings (SSSR count). The molecule has 0 aliphatic rings. The zero-order valence-electron chi connectivity index (χ0n) is 15.8. The zero-order chi connectivity index (χ0) is 20.1. The summed E-state index contributed by atoms with van der Waals surface area (Å²) >= 11 is 1.36. The summed E-state index contributed by atoms with van der Waals surface area (Å²) in [5, 5.41) is 8.85. The van der Waals surface area contributed by atoms with Gasteiger partial charge in [-0.2, -0.15) is 5.10 Å². The van der Waals surface area contributed by atoms with E-state index in [9.17, 15) is 4.79 Å². The van der Waals surface area contributed by atoms with Crippen LogP contribution in [-0.4, -0.2) is 38.0 Å². The summed E-state index contributed by atoms with van der Waals surface area (Å²) in [7, 11) is 0. The van der Waals surface area contributed by atoms with Crippen LogP contribution in [0.1, 0.15) is 6.92 Å². The molecule has 0 unspecified atom stereocenters. The van der Waals surface area contributed by atoms with Crippen molar-refractivity contribution in [2.24, 2.45) is 0 Å². The van der Waals surface area contributed by atoms with Gasteiger partial charge in [-0.15, -0.1) is 0 Å². The minimum absolute atomic E-state index is 0.110. The predicted octanol–water partition coefficient (Wildman–Crippen LogP) is 3.95. The molecule has 2 aromatic heterocycles. The first-order valence-electron chi connectivity index (χ1n) is 9.14. The highest BCUT2D eigenvalue weighted by molar-refractivity contribution is 8.00. The Kier molecular flexibility index (Phi) is 5.71. The molecule has 8 heteroatoms. The number of rotatable bonds is 7. The van der Waals surface area contributed by atoms with Crippen LogP contribution in [0.2, 0.25) is 0 Å². The number of hydrogen-bond acceptors (Lipinski definition) is 6.